The van der Waals surface area contributed by atoms with Crippen LogP contribution in [0, 0.1) is 5.41 Å². The van der Waals surface area contributed by atoms with Crippen molar-refractivity contribution in [2.75, 3.05) is 13.2 Å². The fraction of sp³-hybridized carbons (Fsp3) is 0.812. The number of rotatable bonds is 10. The van der Waals surface area contributed by atoms with Crippen LogP contribution in [0.4, 0.5) is 8.78 Å². The third kappa shape index (κ3) is 8.29. The van der Waals surface area contributed by atoms with Gasteiger partial charge in [0.05, 0.1) is 0 Å². The van der Waals surface area contributed by atoms with Crippen molar-refractivity contribution in [2.24, 2.45) is 5.41 Å². The maximum absolute atomic E-state index is 13.7. The van der Waals surface area contributed by atoms with Crippen molar-refractivity contribution in [3.63, 3.8) is 0 Å². The van der Waals surface area contributed by atoms with E-state index in [-0.39, 0.29) is 0 Å². The van der Waals surface area contributed by atoms with Gasteiger partial charge in [0, 0.05) is 0 Å². The lowest BCUT2D eigenvalue weighted by molar-refractivity contribution is -0.181. The molecule has 0 fully saturated rings. The quantitative estimate of drug-likeness (QED) is 0.121. The maximum atomic E-state index is 13.7. The summed E-state index contributed by atoms with van der Waals surface area (Å²) in [5.74, 6) is -2.89. The molecule has 0 radical (unpaired) electrons. The Labute approximate surface area is 201 Å². The molecule has 14 heteroatoms. The molecule has 0 aromatic heterocycles. The van der Waals surface area contributed by atoms with Gasteiger partial charge in [-0.15, -0.1) is 0 Å². The van der Waals surface area contributed by atoms with Crippen LogP contribution in [0.2, 0.25) is 0 Å². The predicted octanol–water partition coefficient (Wildman–Crippen LogP) is 2.92. The first kappa shape index (κ1) is 29.6. The molecular formula is C16H24F2I2O9S. The minimum atomic E-state index is -5.87. The minimum absolute atomic E-state index is 0.562. The van der Waals surface area contributed by atoms with E-state index in [1.165, 1.54) is 27.7 Å². The van der Waals surface area contributed by atoms with Crippen LogP contribution in [0.15, 0.2) is 0 Å². The van der Waals surface area contributed by atoms with Crippen molar-refractivity contribution < 1.29 is 50.3 Å². The van der Waals surface area contributed by atoms with E-state index in [9.17, 15) is 31.6 Å². The Bertz CT molecular complexity index is 741. The first-order valence-corrected chi connectivity index (χ1v) is 11.9. The third-order valence-corrected chi connectivity index (χ3v) is 5.51. The Morgan fingerprint density at radius 1 is 0.900 bits per heavy atom. The molecule has 9 nitrogen and oxygen atoms in total. The summed E-state index contributed by atoms with van der Waals surface area (Å²) >= 11 is 3.56. The van der Waals surface area contributed by atoms with Crippen molar-refractivity contribution in [1.82, 2.24) is 0 Å². The monoisotopic (exact) mass is 684 g/mol. The molecule has 1 atom stereocenters. The van der Waals surface area contributed by atoms with Crippen LogP contribution in [0.5, 0.6) is 0 Å². The van der Waals surface area contributed by atoms with Crippen molar-refractivity contribution >= 4 is 73.2 Å². The van der Waals surface area contributed by atoms with Crippen LogP contribution < -0.4 is 0 Å². The topological polar surface area (TPSA) is 133 Å². The highest BCUT2D eigenvalue weighted by Crippen LogP contribution is 2.31. The Kier molecular flexibility index (Phi) is 9.94. The highest BCUT2D eigenvalue weighted by atomic mass is 127. The lowest BCUT2D eigenvalue weighted by Crippen LogP contribution is -2.48. The fourth-order valence-electron chi connectivity index (χ4n) is 1.53. The van der Waals surface area contributed by atoms with E-state index < -0.39 is 64.9 Å². The van der Waals surface area contributed by atoms with E-state index >= 15 is 0 Å². The Morgan fingerprint density at radius 3 is 1.50 bits per heavy atom. The summed E-state index contributed by atoms with van der Waals surface area (Å²) in [7, 11) is -5.87. The van der Waals surface area contributed by atoms with Gasteiger partial charge in [0.25, 0.3) is 0 Å². The SMILES string of the molecule is CC(OC(=O)C(C)(COC(=O)C(C)(C)I)COC(=O)C(C)(C)I)C(F)(F)S(=O)(=O)O. The second-order valence-electron chi connectivity index (χ2n) is 7.74. The molecular weight excluding hydrogens is 660 g/mol. The van der Waals surface area contributed by atoms with Gasteiger partial charge >= 0.3 is 33.3 Å². The van der Waals surface area contributed by atoms with Crippen molar-refractivity contribution in [2.45, 2.75) is 59.7 Å². The molecule has 0 heterocycles. The number of esters is 3. The average Bonchev–Trinajstić information content (AvgIpc) is 2.54. The number of carbonyl (C=O) groups is 3. The first-order chi connectivity index (χ1) is 13.1. The van der Waals surface area contributed by atoms with Gasteiger partial charge in [-0.05, 0) is 41.5 Å². The molecule has 1 unspecified atom stereocenters. The molecule has 0 aromatic carbocycles. The van der Waals surface area contributed by atoms with Crippen LogP contribution in [0.1, 0.15) is 41.5 Å². The molecule has 0 aliphatic carbocycles. The van der Waals surface area contributed by atoms with Gasteiger partial charge in [-0.2, -0.15) is 17.2 Å². The van der Waals surface area contributed by atoms with E-state index in [2.05, 4.69) is 4.74 Å². The zero-order valence-electron chi connectivity index (χ0n) is 17.1. The highest BCUT2D eigenvalue weighted by molar-refractivity contribution is 14.1. The summed E-state index contributed by atoms with van der Waals surface area (Å²) in [5, 5.41) is -4.79. The van der Waals surface area contributed by atoms with Gasteiger partial charge in [-0.1, -0.05) is 45.2 Å². The van der Waals surface area contributed by atoms with E-state index in [1.807, 2.05) is 0 Å². The zero-order chi connectivity index (χ0) is 24.3. The van der Waals surface area contributed by atoms with Crippen molar-refractivity contribution in [1.29, 1.82) is 0 Å². The third-order valence-electron chi connectivity index (χ3n) is 3.61. The summed E-state index contributed by atoms with van der Waals surface area (Å²) in [5.41, 5.74) is -1.93. The minimum Gasteiger partial charge on any atom is -0.463 e. The second kappa shape index (κ2) is 10.1. The number of carbonyl (C=O) groups excluding carboxylic acids is 3. The molecule has 0 saturated heterocycles. The number of hydrogen-bond donors (Lipinski definition) is 1. The molecule has 0 bridgehead atoms. The second-order valence-corrected chi connectivity index (χ2v) is 14.6. The van der Waals surface area contributed by atoms with Crippen LogP contribution in [-0.2, 0) is 38.7 Å². The number of halogens is 4. The number of hydrogen-bond acceptors (Lipinski definition) is 8. The van der Waals surface area contributed by atoms with Crippen LogP contribution in [0.25, 0.3) is 0 Å². The fourth-order valence-corrected chi connectivity index (χ4v) is 2.31. The van der Waals surface area contributed by atoms with E-state index in [4.69, 9.17) is 14.0 Å². The van der Waals surface area contributed by atoms with Gasteiger partial charge < -0.3 is 14.2 Å². The normalized spacial score (nSPS) is 14.6. The number of alkyl halides is 4. The summed E-state index contributed by atoms with van der Waals surface area (Å²) in [4.78, 5) is 36.6. The number of ether oxygens (including phenoxy) is 3. The van der Waals surface area contributed by atoms with Gasteiger partial charge in [0.15, 0.2) is 6.10 Å². The Hall–Kier alpha value is -0.360. The van der Waals surface area contributed by atoms with Crippen LogP contribution in [-0.4, -0.2) is 62.3 Å². The molecule has 0 rings (SSSR count). The van der Waals surface area contributed by atoms with Crippen LogP contribution in [0.3, 0.4) is 0 Å². The molecule has 176 valence electrons. The molecule has 0 aliphatic heterocycles. The smallest absolute Gasteiger partial charge is 0.405 e. The van der Waals surface area contributed by atoms with Crippen molar-refractivity contribution in [3.8, 4) is 0 Å². The molecule has 0 aromatic rings. The largest absolute Gasteiger partial charge is 0.463 e. The Balaban J connectivity index is 5.67. The summed E-state index contributed by atoms with van der Waals surface area (Å²) in [6.07, 6.45) is -2.58. The molecule has 0 aliphatic rings. The van der Waals surface area contributed by atoms with E-state index in [0.29, 0.717) is 6.92 Å². The van der Waals surface area contributed by atoms with Gasteiger partial charge in [-0.25, -0.2) is 0 Å². The van der Waals surface area contributed by atoms with E-state index in [1.54, 1.807) is 45.2 Å². The molecule has 30 heavy (non-hydrogen) atoms. The molecule has 1 N–H and O–H groups in total. The maximum Gasteiger partial charge on any atom is 0.405 e. The Morgan fingerprint density at radius 2 is 1.23 bits per heavy atom. The predicted molar refractivity (Wildman–Crippen MR) is 118 cm³/mol. The molecule has 0 amide bonds. The average molecular weight is 684 g/mol. The van der Waals surface area contributed by atoms with E-state index in [0.717, 1.165) is 6.92 Å². The van der Waals surface area contributed by atoms with Gasteiger partial charge in [0.1, 0.15) is 25.5 Å². The molecule has 0 spiro atoms. The highest BCUT2D eigenvalue weighted by Gasteiger charge is 2.53. The summed E-state index contributed by atoms with van der Waals surface area (Å²) < 4.78 is 70.5. The first-order valence-electron chi connectivity index (χ1n) is 8.34. The summed E-state index contributed by atoms with van der Waals surface area (Å²) in [6.45, 7) is 6.41. The van der Waals surface area contributed by atoms with Gasteiger partial charge in [-0.3, -0.25) is 18.9 Å². The zero-order valence-corrected chi connectivity index (χ0v) is 22.3. The standard InChI is InChI=1S/C16H24F2I2O9S/c1-9(16(17,18)30(24,25)26)29-12(23)15(6,7-27-10(21)13(2,3)19)8-28-11(22)14(4,5)20/h9H,7-8H2,1-6H3,(H,24,25,26). The summed E-state index contributed by atoms with van der Waals surface area (Å²) in [6, 6.07) is 0. The van der Waals surface area contributed by atoms with Gasteiger partial charge in [0.2, 0.25) is 0 Å². The molecule has 0 saturated carbocycles. The van der Waals surface area contributed by atoms with Crippen molar-refractivity contribution in [3.05, 3.63) is 0 Å². The lowest BCUT2D eigenvalue weighted by atomic mass is 9.93. The lowest BCUT2D eigenvalue weighted by Gasteiger charge is -2.31. The van der Waals surface area contributed by atoms with Crippen LogP contribution >= 0.6 is 45.2 Å².